The zero-order chi connectivity index (χ0) is 21.7. The molecule has 0 saturated carbocycles. The first kappa shape index (κ1) is 31.3. The molecule has 0 heterocycles. The van der Waals surface area contributed by atoms with Gasteiger partial charge in [-0.3, -0.25) is 9.59 Å². The van der Waals surface area contributed by atoms with E-state index in [2.05, 4.69) is 24.4 Å². The fourth-order valence-corrected chi connectivity index (χ4v) is 3.15. The Labute approximate surface area is 204 Å². The van der Waals surface area contributed by atoms with E-state index in [1.54, 1.807) is 0 Å². The molecule has 0 aliphatic carbocycles. The molecule has 0 aliphatic rings. The predicted octanol–water partition coefficient (Wildman–Crippen LogP) is 5.08. The Kier molecular flexibility index (Phi) is 23.8. The first-order chi connectivity index (χ1) is 14.0. The molecular weight excluding hydrogens is 393 g/mol. The molecule has 30 heavy (non-hydrogen) atoms. The minimum absolute atomic E-state index is 0. The van der Waals surface area contributed by atoms with Gasteiger partial charge in [0.1, 0.15) is 6.04 Å². The number of unbranched alkanes of at least 4 members (excludes halogenated alkanes) is 11. The molecular formula is C23H41NNaO5. The van der Waals surface area contributed by atoms with Crippen molar-refractivity contribution < 1.29 is 24.6 Å². The van der Waals surface area contributed by atoms with Crippen molar-refractivity contribution in [1.82, 2.24) is 5.32 Å². The molecule has 0 rings (SSSR count). The molecule has 0 aromatic carbocycles. The summed E-state index contributed by atoms with van der Waals surface area (Å²) in [6.45, 7) is 2.24. The van der Waals surface area contributed by atoms with E-state index in [1.165, 1.54) is 44.9 Å². The van der Waals surface area contributed by atoms with Gasteiger partial charge < -0.3 is 15.5 Å². The average molecular weight is 435 g/mol. The summed E-state index contributed by atoms with van der Waals surface area (Å²) in [5, 5.41) is 20.1. The number of carbonyl (C=O) groups excluding carboxylic acids is 1. The quantitative estimate of drug-likeness (QED) is 0.141. The predicted molar refractivity (Wildman–Crippen MR) is 122 cm³/mol. The van der Waals surface area contributed by atoms with Crippen LogP contribution in [0.4, 0.5) is 0 Å². The molecule has 0 aliphatic heterocycles. The minimum atomic E-state index is -1.19. The van der Waals surface area contributed by atoms with Gasteiger partial charge in [0, 0.05) is 42.4 Å². The maximum atomic E-state index is 11.8. The normalized spacial score (nSPS) is 11.8. The van der Waals surface area contributed by atoms with E-state index < -0.39 is 18.0 Å². The number of hydrogen-bond acceptors (Lipinski definition) is 3. The summed E-state index contributed by atoms with van der Waals surface area (Å²) in [6.07, 6.45) is 19.9. The summed E-state index contributed by atoms with van der Waals surface area (Å²) in [6, 6.07) is -1.12. The van der Waals surface area contributed by atoms with Crippen LogP contribution in [0.3, 0.4) is 0 Å². The van der Waals surface area contributed by atoms with Gasteiger partial charge in [-0.15, -0.1) is 0 Å². The van der Waals surface area contributed by atoms with Crippen molar-refractivity contribution >= 4 is 47.4 Å². The molecule has 0 aromatic heterocycles. The summed E-state index contributed by atoms with van der Waals surface area (Å²) >= 11 is 0. The summed E-state index contributed by atoms with van der Waals surface area (Å²) in [7, 11) is 0. The van der Waals surface area contributed by atoms with Crippen LogP contribution >= 0.6 is 0 Å². The van der Waals surface area contributed by atoms with Gasteiger partial charge in [0.05, 0.1) is 0 Å². The number of hydrogen-bond donors (Lipinski definition) is 3. The number of nitrogens with one attached hydrogen (secondary N) is 1. The number of rotatable bonds is 20. The van der Waals surface area contributed by atoms with E-state index in [-0.39, 0.29) is 54.7 Å². The number of carboxylic acid groups (broad SMARTS) is 2. The van der Waals surface area contributed by atoms with E-state index >= 15 is 0 Å². The second kappa shape index (κ2) is 22.8. The van der Waals surface area contributed by atoms with Crippen molar-refractivity contribution in [2.24, 2.45) is 0 Å². The number of aliphatic carboxylic acids is 2. The van der Waals surface area contributed by atoms with Gasteiger partial charge in [-0.1, -0.05) is 70.4 Å². The minimum Gasteiger partial charge on any atom is -0.481 e. The molecule has 169 valence electrons. The Bertz CT molecular complexity index is 482. The van der Waals surface area contributed by atoms with Gasteiger partial charge in [-0.25, -0.2) is 4.79 Å². The summed E-state index contributed by atoms with van der Waals surface area (Å²) in [4.78, 5) is 33.4. The number of amides is 1. The zero-order valence-corrected chi connectivity index (χ0v) is 21.2. The molecule has 0 unspecified atom stereocenters. The smallest absolute Gasteiger partial charge is 0.326 e. The fourth-order valence-electron chi connectivity index (χ4n) is 3.15. The maximum absolute atomic E-state index is 11.8. The van der Waals surface area contributed by atoms with E-state index in [1.807, 2.05) is 0 Å². The molecule has 0 bridgehead atoms. The molecule has 1 amide bonds. The van der Waals surface area contributed by atoms with Crippen LogP contribution in [0.15, 0.2) is 12.2 Å². The second-order valence-corrected chi connectivity index (χ2v) is 7.73. The third-order valence-electron chi connectivity index (χ3n) is 4.95. The van der Waals surface area contributed by atoms with Crippen molar-refractivity contribution in [3.63, 3.8) is 0 Å². The number of allylic oxidation sites excluding steroid dienone is 2. The number of carbonyl (C=O) groups is 3. The van der Waals surface area contributed by atoms with Gasteiger partial charge in [0.25, 0.3) is 0 Å². The fraction of sp³-hybridized carbons (Fsp3) is 0.783. The summed E-state index contributed by atoms with van der Waals surface area (Å²) < 4.78 is 0. The van der Waals surface area contributed by atoms with Gasteiger partial charge in [-0.05, 0) is 38.5 Å². The van der Waals surface area contributed by atoms with E-state index in [0.29, 0.717) is 0 Å². The molecule has 0 spiro atoms. The Morgan fingerprint density at radius 2 is 1.27 bits per heavy atom. The molecule has 1 radical (unpaired) electrons. The molecule has 3 N–H and O–H groups in total. The Morgan fingerprint density at radius 3 is 1.77 bits per heavy atom. The van der Waals surface area contributed by atoms with Gasteiger partial charge in [0.15, 0.2) is 0 Å². The van der Waals surface area contributed by atoms with Crippen molar-refractivity contribution in [1.29, 1.82) is 0 Å². The first-order valence-electron chi connectivity index (χ1n) is 11.4. The SMILES string of the molecule is CCCCCCCCC=CCCCCCCCC(=O)N[C@@H](CCC(=O)O)C(=O)O.[Na]. The monoisotopic (exact) mass is 434 g/mol. The molecule has 6 nitrogen and oxygen atoms in total. The van der Waals surface area contributed by atoms with Crippen LogP contribution in [0.25, 0.3) is 0 Å². The maximum Gasteiger partial charge on any atom is 0.326 e. The zero-order valence-electron chi connectivity index (χ0n) is 19.2. The topological polar surface area (TPSA) is 104 Å². The first-order valence-corrected chi connectivity index (χ1v) is 11.4. The second-order valence-electron chi connectivity index (χ2n) is 7.73. The van der Waals surface area contributed by atoms with Crippen LogP contribution in [-0.4, -0.2) is 63.7 Å². The third kappa shape index (κ3) is 21.8. The van der Waals surface area contributed by atoms with Gasteiger partial charge in [0.2, 0.25) is 5.91 Å². The summed E-state index contributed by atoms with van der Waals surface area (Å²) in [5.74, 6) is -2.58. The molecule has 0 saturated heterocycles. The number of carboxylic acids is 2. The van der Waals surface area contributed by atoms with E-state index in [4.69, 9.17) is 10.2 Å². The molecule has 0 fully saturated rings. The van der Waals surface area contributed by atoms with Crippen LogP contribution in [0.5, 0.6) is 0 Å². The van der Waals surface area contributed by atoms with Crippen LogP contribution in [0.2, 0.25) is 0 Å². The van der Waals surface area contributed by atoms with Gasteiger partial charge >= 0.3 is 11.9 Å². The molecule has 0 aromatic rings. The van der Waals surface area contributed by atoms with Crippen molar-refractivity contribution in [3.05, 3.63) is 12.2 Å². The van der Waals surface area contributed by atoms with Crippen LogP contribution < -0.4 is 5.32 Å². The Morgan fingerprint density at radius 1 is 0.767 bits per heavy atom. The van der Waals surface area contributed by atoms with Gasteiger partial charge in [-0.2, -0.15) is 0 Å². The van der Waals surface area contributed by atoms with E-state index in [9.17, 15) is 14.4 Å². The largest absolute Gasteiger partial charge is 0.481 e. The Hall–Kier alpha value is -0.850. The standard InChI is InChI=1S/C23H41NO5.Na/c1-2-3-4-5-6-7-8-9-10-11-12-13-14-15-16-17-21(25)24-20(23(28)29)18-19-22(26)27;/h9-10,20H,2-8,11-19H2,1H3,(H,24,25)(H,26,27)(H,28,29);/t20-;/m0./s1. The van der Waals surface area contributed by atoms with Crippen LogP contribution in [0, 0.1) is 0 Å². The van der Waals surface area contributed by atoms with E-state index in [0.717, 1.165) is 38.5 Å². The summed E-state index contributed by atoms with van der Waals surface area (Å²) in [5.41, 5.74) is 0. The third-order valence-corrected chi connectivity index (χ3v) is 4.95. The van der Waals surface area contributed by atoms with Crippen molar-refractivity contribution in [3.8, 4) is 0 Å². The van der Waals surface area contributed by atoms with Crippen LogP contribution in [0.1, 0.15) is 110 Å². The van der Waals surface area contributed by atoms with Crippen LogP contribution in [-0.2, 0) is 14.4 Å². The van der Waals surface area contributed by atoms with Crippen molar-refractivity contribution in [2.75, 3.05) is 0 Å². The molecule has 1 atom stereocenters. The van der Waals surface area contributed by atoms with Crippen molar-refractivity contribution in [2.45, 2.75) is 116 Å². The Balaban J connectivity index is 0. The average Bonchev–Trinajstić information content (AvgIpc) is 2.67. The molecule has 7 heteroatoms.